The summed E-state index contributed by atoms with van der Waals surface area (Å²) >= 11 is 6.00. The van der Waals surface area contributed by atoms with Gasteiger partial charge in [0.2, 0.25) is 0 Å². The maximum Gasteiger partial charge on any atom is 0.254 e. The van der Waals surface area contributed by atoms with Crippen LogP contribution in [-0.4, -0.2) is 12.5 Å². The highest BCUT2D eigenvalue weighted by Crippen LogP contribution is 2.21. The van der Waals surface area contributed by atoms with E-state index in [0.717, 1.165) is 6.42 Å². The fourth-order valence-corrected chi connectivity index (χ4v) is 2.32. The van der Waals surface area contributed by atoms with Crippen LogP contribution in [-0.2, 0) is 6.42 Å². The van der Waals surface area contributed by atoms with Gasteiger partial charge in [-0.2, -0.15) is 0 Å². The van der Waals surface area contributed by atoms with Crippen molar-refractivity contribution in [2.45, 2.75) is 13.3 Å². The summed E-state index contributed by atoms with van der Waals surface area (Å²) in [6, 6.07) is 13.3. The minimum absolute atomic E-state index is 0.235. The number of rotatable bonds is 4. The number of aryl methyl sites for hydroxylation is 1. The molecule has 0 heterocycles. The van der Waals surface area contributed by atoms with E-state index in [-0.39, 0.29) is 5.91 Å². The number of nitrogens with one attached hydrogen (secondary N) is 1. The van der Waals surface area contributed by atoms with Gasteiger partial charge < -0.3 is 11.1 Å². The van der Waals surface area contributed by atoms with E-state index in [1.165, 1.54) is 11.1 Å². The number of amides is 1. The molecule has 0 fully saturated rings. The van der Waals surface area contributed by atoms with Crippen LogP contribution >= 0.6 is 11.6 Å². The van der Waals surface area contributed by atoms with Crippen molar-refractivity contribution in [2.24, 2.45) is 0 Å². The van der Waals surface area contributed by atoms with Gasteiger partial charge in [-0.1, -0.05) is 47.5 Å². The molecule has 4 heteroatoms. The van der Waals surface area contributed by atoms with Crippen molar-refractivity contribution >= 4 is 23.2 Å². The van der Waals surface area contributed by atoms with Gasteiger partial charge in [0.1, 0.15) is 0 Å². The Morgan fingerprint density at radius 1 is 1.25 bits per heavy atom. The summed E-state index contributed by atoms with van der Waals surface area (Å²) < 4.78 is 0. The van der Waals surface area contributed by atoms with Gasteiger partial charge in [0.15, 0.2) is 0 Å². The molecule has 0 aromatic heterocycles. The molecule has 0 aliphatic heterocycles. The molecule has 0 radical (unpaired) electrons. The smallest absolute Gasteiger partial charge is 0.254 e. The van der Waals surface area contributed by atoms with Gasteiger partial charge in [-0.3, -0.25) is 4.79 Å². The lowest BCUT2D eigenvalue weighted by atomic mass is 10.1. The number of carbonyl (C=O) groups excluding carboxylic acids is 1. The highest BCUT2D eigenvalue weighted by atomic mass is 35.5. The molecule has 1 amide bonds. The lowest BCUT2D eigenvalue weighted by Gasteiger charge is -2.09. The molecule has 104 valence electrons. The average molecular weight is 289 g/mol. The summed E-state index contributed by atoms with van der Waals surface area (Å²) in [5, 5.41) is 3.22. The Morgan fingerprint density at radius 3 is 2.70 bits per heavy atom. The van der Waals surface area contributed by atoms with Crippen molar-refractivity contribution in [3.63, 3.8) is 0 Å². The summed E-state index contributed by atoms with van der Waals surface area (Å²) in [5.41, 5.74) is 8.92. The number of nitrogen functional groups attached to an aromatic ring is 1. The number of hydrogen-bond acceptors (Lipinski definition) is 2. The normalized spacial score (nSPS) is 10.3. The Labute approximate surface area is 123 Å². The van der Waals surface area contributed by atoms with Gasteiger partial charge in [0, 0.05) is 12.2 Å². The monoisotopic (exact) mass is 288 g/mol. The first kappa shape index (κ1) is 14.4. The zero-order valence-corrected chi connectivity index (χ0v) is 12.1. The average Bonchev–Trinajstić information content (AvgIpc) is 2.38. The van der Waals surface area contributed by atoms with Crippen LogP contribution in [0.5, 0.6) is 0 Å². The minimum Gasteiger partial charge on any atom is -0.398 e. The van der Waals surface area contributed by atoms with Gasteiger partial charge in [-0.15, -0.1) is 0 Å². The predicted octanol–water partition coefficient (Wildman–Crippen LogP) is 3.20. The van der Waals surface area contributed by atoms with Crippen LogP contribution < -0.4 is 11.1 Å². The molecule has 0 saturated heterocycles. The standard InChI is InChI=1S/C16H17ClN2O/c1-11-4-2-5-12(10-11)8-9-19-16(20)15-13(17)6-3-7-14(15)18/h2-7,10H,8-9,18H2,1H3,(H,19,20). The molecular weight excluding hydrogens is 272 g/mol. The third-order valence-corrected chi connectivity index (χ3v) is 3.37. The van der Waals surface area contributed by atoms with Crippen LogP contribution in [0.25, 0.3) is 0 Å². The molecule has 0 saturated carbocycles. The van der Waals surface area contributed by atoms with Crippen molar-refractivity contribution in [3.8, 4) is 0 Å². The minimum atomic E-state index is -0.235. The summed E-state index contributed by atoms with van der Waals surface area (Å²) in [6.45, 7) is 2.60. The second-order valence-electron chi connectivity index (χ2n) is 4.70. The van der Waals surface area contributed by atoms with E-state index < -0.39 is 0 Å². The molecule has 0 bridgehead atoms. The molecule has 20 heavy (non-hydrogen) atoms. The number of nitrogens with two attached hydrogens (primary N) is 1. The van der Waals surface area contributed by atoms with Crippen LogP contribution in [0.1, 0.15) is 21.5 Å². The van der Waals surface area contributed by atoms with Crippen LogP contribution in [0.15, 0.2) is 42.5 Å². The third-order valence-electron chi connectivity index (χ3n) is 3.05. The van der Waals surface area contributed by atoms with E-state index in [1.54, 1.807) is 18.2 Å². The molecule has 2 aromatic carbocycles. The van der Waals surface area contributed by atoms with Crippen LogP contribution in [0.4, 0.5) is 5.69 Å². The Bertz CT molecular complexity index is 605. The van der Waals surface area contributed by atoms with Crippen molar-refractivity contribution in [3.05, 3.63) is 64.2 Å². The fourth-order valence-electron chi connectivity index (χ4n) is 2.06. The maximum absolute atomic E-state index is 12.1. The first-order valence-corrected chi connectivity index (χ1v) is 6.83. The van der Waals surface area contributed by atoms with E-state index in [2.05, 4.69) is 11.4 Å². The highest BCUT2D eigenvalue weighted by molar-refractivity contribution is 6.34. The van der Waals surface area contributed by atoms with E-state index in [0.29, 0.717) is 22.8 Å². The van der Waals surface area contributed by atoms with Gasteiger partial charge >= 0.3 is 0 Å². The quantitative estimate of drug-likeness (QED) is 0.849. The SMILES string of the molecule is Cc1cccc(CCNC(=O)c2c(N)cccc2Cl)c1. The van der Waals surface area contributed by atoms with Gasteiger partial charge in [0.05, 0.1) is 10.6 Å². The topological polar surface area (TPSA) is 55.1 Å². The number of anilines is 1. The van der Waals surface area contributed by atoms with E-state index >= 15 is 0 Å². The second kappa shape index (κ2) is 6.44. The van der Waals surface area contributed by atoms with E-state index in [9.17, 15) is 4.79 Å². The predicted molar refractivity (Wildman–Crippen MR) is 83.1 cm³/mol. The second-order valence-corrected chi connectivity index (χ2v) is 5.11. The zero-order valence-electron chi connectivity index (χ0n) is 11.3. The van der Waals surface area contributed by atoms with Gasteiger partial charge in [-0.05, 0) is 31.0 Å². The molecule has 0 aliphatic carbocycles. The fraction of sp³-hybridized carbons (Fsp3) is 0.188. The third kappa shape index (κ3) is 3.52. The number of benzene rings is 2. The zero-order chi connectivity index (χ0) is 14.5. The van der Waals surface area contributed by atoms with Gasteiger partial charge in [0.25, 0.3) is 5.91 Å². The number of hydrogen-bond donors (Lipinski definition) is 2. The molecular formula is C16H17ClN2O. The highest BCUT2D eigenvalue weighted by Gasteiger charge is 2.12. The molecule has 2 aromatic rings. The lowest BCUT2D eigenvalue weighted by molar-refractivity contribution is 0.0955. The molecule has 0 spiro atoms. The maximum atomic E-state index is 12.1. The van der Waals surface area contributed by atoms with Gasteiger partial charge in [-0.25, -0.2) is 0 Å². The molecule has 0 atom stereocenters. The first-order valence-electron chi connectivity index (χ1n) is 6.45. The Balaban J connectivity index is 1.96. The summed E-state index contributed by atoms with van der Waals surface area (Å²) in [6.07, 6.45) is 0.776. The summed E-state index contributed by atoms with van der Waals surface area (Å²) in [5.74, 6) is -0.235. The molecule has 0 aliphatic rings. The molecule has 3 N–H and O–H groups in total. The molecule has 2 rings (SSSR count). The van der Waals surface area contributed by atoms with Crippen molar-refractivity contribution in [2.75, 3.05) is 12.3 Å². The molecule has 3 nitrogen and oxygen atoms in total. The van der Waals surface area contributed by atoms with E-state index in [4.69, 9.17) is 17.3 Å². The van der Waals surface area contributed by atoms with E-state index in [1.807, 2.05) is 25.1 Å². The largest absolute Gasteiger partial charge is 0.398 e. The summed E-state index contributed by atoms with van der Waals surface area (Å²) in [4.78, 5) is 12.1. The summed E-state index contributed by atoms with van der Waals surface area (Å²) in [7, 11) is 0. The number of halogens is 1. The Hall–Kier alpha value is -2.00. The van der Waals surface area contributed by atoms with Crippen LogP contribution in [0.3, 0.4) is 0 Å². The van der Waals surface area contributed by atoms with Crippen LogP contribution in [0, 0.1) is 6.92 Å². The molecule has 0 unspecified atom stereocenters. The van der Waals surface area contributed by atoms with Crippen LogP contribution in [0.2, 0.25) is 5.02 Å². The van der Waals surface area contributed by atoms with Crippen molar-refractivity contribution in [1.29, 1.82) is 0 Å². The number of carbonyl (C=O) groups is 1. The lowest BCUT2D eigenvalue weighted by Crippen LogP contribution is -2.26. The Morgan fingerprint density at radius 2 is 2.00 bits per heavy atom. The Kier molecular flexibility index (Phi) is 4.64. The first-order chi connectivity index (χ1) is 9.58. The van der Waals surface area contributed by atoms with Crippen molar-refractivity contribution < 1.29 is 4.79 Å². The van der Waals surface area contributed by atoms with Crippen molar-refractivity contribution in [1.82, 2.24) is 5.32 Å².